The van der Waals surface area contributed by atoms with Crippen LogP contribution in [0, 0.1) is 0 Å². The molecule has 0 aliphatic carbocycles. The smallest absolute Gasteiger partial charge is 0.283 e. The van der Waals surface area contributed by atoms with Crippen LogP contribution in [0.4, 0.5) is 0 Å². The molecule has 0 bridgehead atoms. The highest BCUT2D eigenvalue weighted by Crippen LogP contribution is 2.11. The summed E-state index contributed by atoms with van der Waals surface area (Å²) < 4.78 is 9.28. The Hall–Kier alpha value is -0.950. The summed E-state index contributed by atoms with van der Waals surface area (Å²) in [5.74, 6) is 0. The third kappa shape index (κ3) is 1.24. The zero-order valence-electron chi connectivity index (χ0n) is 7.01. The molecule has 0 radical (unpaired) electrons. The molecule has 2 aromatic rings. The van der Waals surface area contributed by atoms with E-state index in [1.165, 1.54) is 16.3 Å². The number of hydrogen-bond acceptors (Lipinski definition) is 6. The normalized spacial score (nSPS) is 10.9. The molecule has 0 atom stereocenters. The lowest BCUT2D eigenvalue weighted by Crippen LogP contribution is -2.19. The Morgan fingerprint density at radius 3 is 2.92 bits per heavy atom. The van der Waals surface area contributed by atoms with Crippen LogP contribution < -0.4 is 5.56 Å². The summed E-state index contributed by atoms with van der Waals surface area (Å²) in [6, 6.07) is 0. The van der Waals surface area contributed by atoms with Crippen molar-refractivity contribution in [2.45, 2.75) is 5.16 Å². The molecule has 5 nitrogen and oxygen atoms in total. The third-order valence-electron chi connectivity index (χ3n) is 1.65. The maximum Gasteiger partial charge on any atom is 0.283 e. The second-order valence-electron chi connectivity index (χ2n) is 2.40. The van der Waals surface area contributed by atoms with Crippen LogP contribution in [0.25, 0.3) is 11.2 Å². The Kier molecular flexibility index (Phi) is 2.04. The first-order chi connectivity index (χ1) is 6.24. The van der Waals surface area contributed by atoms with Crippen LogP contribution in [0.1, 0.15) is 0 Å². The second-order valence-corrected chi connectivity index (χ2v) is 3.70. The summed E-state index contributed by atoms with van der Waals surface area (Å²) in [5, 5.41) is 0.658. The summed E-state index contributed by atoms with van der Waals surface area (Å²) in [6.07, 6.45) is 1.87. The van der Waals surface area contributed by atoms with Gasteiger partial charge in [-0.25, -0.2) is 4.98 Å². The fraction of sp³-hybridized carbons (Fsp3) is 0.333. The van der Waals surface area contributed by atoms with E-state index in [0.29, 0.717) is 16.3 Å². The van der Waals surface area contributed by atoms with Gasteiger partial charge in [-0.2, -0.15) is 8.75 Å². The van der Waals surface area contributed by atoms with Crippen LogP contribution in [0.5, 0.6) is 0 Å². The number of nitrogens with zero attached hydrogens (tertiary/aromatic N) is 4. The monoisotopic (exact) mass is 214 g/mol. The lowest BCUT2D eigenvalue weighted by atomic mass is 10.5. The van der Waals surface area contributed by atoms with Crippen LogP contribution >= 0.6 is 23.5 Å². The molecule has 0 saturated carbocycles. The van der Waals surface area contributed by atoms with Gasteiger partial charge in [0.05, 0.1) is 11.7 Å². The first-order valence-corrected chi connectivity index (χ1v) is 5.43. The Labute approximate surface area is 82.1 Å². The molecule has 0 aliphatic rings. The maximum atomic E-state index is 11.6. The van der Waals surface area contributed by atoms with Crippen molar-refractivity contribution in [3.8, 4) is 0 Å². The van der Waals surface area contributed by atoms with Crippen LogP contribution in [0.2, 0.25) is 0 Å². The lowest BCUT2D eigenvalue weighted by molar-refractivity contribution is 0.724. The average molecular weight is 214 g/mol. The summed E-state index contributed by atoms with van der Waals surface area (Å²) in [6.45, 7) is 0. The van der Waals surface area contributed by atoms with E-state index in [0.717, 1.165) is 11.7 Å². The molecular formula is C6H6N4OS2. The molecule has 0 unspecified atom stereocenters. The third-order valence-corrected chi connectivity index (χ3v) is 2.90. The van der Waals surface area contributed by atoms with E-state index in [4.69, 9.17) is 0 Å². The molecule has 0 aromatic carbocycles. The largest absolute Gasteiger partial charge is 0.289 e. The average Bonchev–Trinajstić information content (AvgIpc) is 2.59. The first kappa shape index (κ1) is 8.64. The van der Waals surface area contributed by atoms with Gasteiger partial charge in [0.15, 0.2) is 10.7 Å². The van der Waals surface area contributed by atoms with Crippen molar-refractivity contribution in [2.24, 2.45) is 7.05 Å². The molecule has 0 fully saturated rings. The first-order valence-electron chi connectivity index (χ1n) is 3.47. The zero-order chi connectivity index (χ0) is 9.42. The van der Waals surface area contributed by atoms with Crippen LogP contribution in [-0.2, 0) is 7.05 Å². The molecule has 0 N–H and O–H groups in total. The van der Waals surface area contributed by atoms with Gasteiger partial charge < -0.3 is 0 Å². The van der Waals surface area contributed by atoms with Crippen LogP contribution in [-0.4, -0.2) is 24.6 Å². The standard InChI is InChI=1S/C6H6N4OS2/c1-10-5(11)3-4(9-13-8-3)7-6(10)12-2/h1-2H3. The van der Waals surface area contributed by atoms with Crippen molar-refractivity contribution in [1.82, 2.24) is 18.3 Å². The molecule has 0 saturated heterocycles. The van der Waals surface area contributed by atoms with Crippen molar-refractivity contribution in [1.29, 1.82) is 0 Å². The summed E-state index contributed by atoms with van der Waals surface area (Å²) >= 11 is 2.43. The van der Waals surface area contributed by atoms with Crippen molar-refractivity contribution in [3.05, 3.63) is 10.4 Å². The van der Waals surface area contributed by atoms with Crippen molar-refractivity contribution < 1.29 is 0 Å². The van der Waals surface area contributed by atoms with E-state index in [1.54, 1.807) is 7.05 Å². The zero-order valence-corrected chi connectivity index (χ0v) is 8.65. The van der Waals surface area contributed by atoms with Gasteiger partial charge in [0.2, 0.25) is 5.65 Å². The van der Waals surface area contributed by atoms with Gasteiger partial charge >= 0.3 is 0 Å². The lowest BCUT2D eigenvalue weighted by Gasteiger charge is -2.01. The number of hydrogen-bond donors (Lipinski definition) is 0. The van der Waals surface area contributed by atoms with Gasteiger partial charge in [0.25, 0.3) is 5.56 Å². The minimum atomic E-state index is -0.136. The number of thioether (sulfide) groups is 1. The minimum absolute atomic E-state index is 0.136. The topological polar surface area (TPSA) is 60.7 Å². The number of fused-ring (bicyclic) bond motifs is 1. The van der Waals surface area contributed by atoms with Gasteiger partial charge in [0, 0.05) is 7.05 Å². The Bertz CT molecular complexity index is 503. The molecule has 0 spiro atoms. The van der Waals surface area contributed by atoms with E-state index >= 15 is 0 Å². The molecular weight excluding hydrogens is 208 g/mol. The summed E-state index contributed by atoms with van der Waals surface area (Å²) in [5.41, 5.74) is 0.658. The maximum absolute atomic E-state index is 11.6. The van der Waals surface area contributed by atoms with Gasteiger partial charge in [0.1, 0.15) is 0 Å². The Morgan fingerprint density at radius 2 is 2.23 bits per heavy atom. The SMILES string of the molecule is CSc1nc2nsnc2c(=O)n1C. The van der Waals surface area contributed by atoms with Gasteiger partial charge in [-0.15, -0.1) is 0 Å². The van der Waals surface area contributed by atoms with Gasteiger partial charge in [-0.05, 0) is 6.26 Å². The number of aromatic nitrogens is 4. The molecule has 2 heterocycles. The molecule has 13 heavy (non-hydrogen) atoms. The van der Waals surface area contributed by atoms with Crippen molar-refractivity contribution >= 4 is 34.7 Å². The summed E-state index contributed by atoms with van der Waals surface area (Å²) in [4.78, 5) is 15.8. The molecule has 68 valence electrons. The minimum Gasteiger partial charge on any atom is -0.289 e. The predicted octanol–water partition coefficient (Wildman–Crippen LogP) is 0.507. The van der Waals surface area contributed by atoms with Gasteiger partial charge in [-0.1, -0.05) is 11.8 Å². The summed E-state index contributed by atoms with van der Waals surface area (Å²) in [7, 11) is 1.68. The Morgan fingerprint density at radius 1 is 1.46 bits per heavy atom. The van der Waals surface area contributed by atoms with E-state index in [2.05, 4.69) is 13.7 Å². The molecule has 0 aliphatic heterocycles. The molecule has 7 heteroatoms. The quantitative estimate of drug-likeness (QED) is 0.511. The Balaban J connectivity index is 2.92. The van der Waals surface area contributed by atoms with E-state index in [-0.39, 0.29) is 5.56 Å². The highest BCUT2D eigenvalue weighted by Gasteiger charge is 2.09. The van der Waals surface area contributed by atoms with Crippen LogP contribution in [0.3, 0.4) is 0 Å². The second kappa shape index (κ2) is 3.08. The predicted molar refractivity (Wildman–Crippen MR) is 52.2 cm³/mol. The number of rotatable bonds is 1. The molecule has 2 rings (SSSR count). The van der Waals surface area contributed by atoms with Crippen molar-refractivity contribution in [2.75, 3.05) is 6.26 Å². The highest BCUT2D eigenvalue weighted by molar-refractivity contribution is 7.98. The molecule has 0 amide bonds. The van der Waals surface area contributed by atoms with E-state index in [9.17, 15) is 4.79 Å². The highest BCUT2D eigenvalue weighted by atomic mass is 32.2. The van der Waals surface area contributed by atoms with E-state index < -0.39 is 0 Å². The molecule has 2 aromatic heterocycles. The fourth-order valence-electron chi connectivity index (χ4n) is 0.986. The van der Waals surface area contributed by atoms with Crippen molar-refractivity contribution in [3.63, 3.8) is 0 Å². The van der Waals surface area contributed by atoms with Gasteiger partial charge in [-0.3, -0.25) is 9.36 Å². The fourth-order valence-corrected chi connectivity index (χ4v) is 2.01. The van der Waals surface area contributed by atoms with E-state index in [1.807, 2.05) is 6.26 Å². The van der Waals surface area contributed by atoms with Crippen LogP contribution in [0.15, 0.2) is 9.95 Å².